The van der Waals surface area contributed by atoms with Crippen LogP contribution in [0.2, 0.25) is 0 Å². The molecule has 14 heavy (non-hydrogen) atoms. The molecule has 0 aromatic rings. The van der Waals surface area contributed by atoms with Gasteiger partial charge in [-0.15, -0.1) is 0 Å². The zero-order chi connectivity index (χ0) is 10.2. The fourth-order valence-corrected chi connectivity index (χ4v) is 2.76. The van der Waals surface area contributed by atoms with Crippen LogP contribution in [0.15, 0.2) is 0 Å². The molecule has 4 heteroatoms. The van der Waals surface area contributed by atoms with E-state index >= 15 is 0 Å². The molecule has 4 nitrogen and oxygen atoms in total. The first kappa shape index (κ1) is 9.93. The molecule has 0 aliphatic carbocycles. The largest absolute Gasteiger partial charge is 0.481 e. The van der Waals surface area contributed by atoms with Crippen molar-refractivity contribution in [3.63, 3.8) is 0 Å². The highest BCUT2D eigenvalue weighted by atomic mass is 16.4. The van der Waals surface area contributed by atoms with E-state index in [1.165, 1.54) is 12.8 Å². The molecular formula is C10H18N2O2. The molecule has 80 valence electrons. The minimum Gasteiger partial charge on any atom is -0.481 e. The van der Waals surface area contributed by atoms with Crippen molar-refractivity contribution in [1.82, 2.24) is 10.2 Å². The molecule has 1 atom stereocenters. The summed E-state index contributed by atoms with van der Waals surface area (Å²) in [6, 6.07) is 0.552. The van der Waals surface area contributed by atoms with E-state index in [1.54, 1.807) is 0 Å². The van der Waals surface area contributed by atoms with Crippen molar-refractivity contribution in [3.05, 3.63) is 0 Å². The normalized spacial score (nSPS) is 31.4. The van der Waals surface area contributed by atoms with Crippen molar-refractivity contribution in [2.75, 3.05) is 19.6 Å². The van der Waals surface area contributed by atoms with E-state index in [9.17, 15) is 4.79 Å². The van der Waals surface area contributed by atoms with E-state index in [4.69, 9.17) is 5.11 Å². The number of carboxylic acid groups (broad SMARTS) is 1. The molecule has 2 aliphatic rings. The second kappa shape index (κ2) is 3.51. The molecule has 0 bridgehead atoms. The van der Waals surface area contributed by atoms with Gasteiger partial charge in [0.05, 0.1) is 12.0 Å². The fourth-order valence-electron chi connectivity index (χ4n) is 2.76. The number of hydrogen-bond donors (Lipinski definition) is 2. The van der Waals surface area contributed by atoms with Crippen molar-refractivity contribution < 1.29 is 9.90 Å². The minimum absolute atomic E-state index is 0.0816. The summed E-state index contributed by atoms with van der Waals surface area (Å²) in [7, 11) is 0. The topological polar surface area (TPSA) is 52.6 Å². The third kappa shape index (κ3) is 1.53. The van der Waals surface area contributed by atoms with Crippen molar-refractivity contribution >= 4 is 5.97 Å². The van der Waals surface area contributed by atoms with Crippen LogP contribution in [0.25, 0.3) is 0 Å². The molecule has 0 amide bonds. The van der Waals surface area contributed by atoms with Crippen LogP contribution in [0.1, 0.15) is 26.2 Å². The first-order valence-corrected chi connectivity index (χ1v) is 5.33. The lowest BCUT2D eigenvalue weighted by atomic mass is 9.86. The van der Waals surface area contributed by atoms with Crippen LogP contribution in [-0.4, -0.2) is 47.2 Å². The molecule has 2 aliphatic heterocycles. The van der Waals surface area contributed by atoms with Crippen molar-refractivity contribution in [1.29, 1.82) is 0 Å². The van der Waals surface area contributed by atoms with Crippen molar-refractivity contribution in [3.8, 4) is 0 Å². The minimum atomic E-state index is -0.675. The molecule has 1 unspecified atom stereocenters. The van der Waals surface area contributed by atoms with Crippen molar-refractivity contribution in [2.24, 2.45) is 0 Å². The lowest BCUT2D eigenvalue weighted by Crippen LogP contribution is -2.70. The Balaban J connectivity index is 2.07. The molecular weight excluding hydrogens is 180 g/mol. The summed E-state index contributed by atoms with van der Waals surface area (Å²) in [6.07, 6.45) is 2.70. The van der Waals surface area contributed by atoms with Gasteiger partial charge < -0.3 is 10.4 Å². The Labute approximate surface area is 84.3 Å². The molecule has 2 fully saturated rings. The highest BCUT2D eigenvalue weighted by Gasteiger charge is 2.47. The van der Waals surface area contributed by atoms with Crippen LogP contribution in [0.3, 0.4) is 0 Å². The number of likely N-dealkylation sites (tertiary alicyclic amines) is 1. The smallest absolute Gasteiger partial charge is 0.305 e. The Morgan fingerprint density at radius 3 is 2.71 bits per heavy atom. The Kier molecular flexibility index (Phi) is 2.49. The average Bonchev–Trinajstić information content (AvgIpc) is 2.44. The van der Waals surface area contributed by atoms with E-state index in [0.717, 1.165) is 19.6 Å². The van der Waals surface area contributed by atoms with E-state index in [-0.39, 0.29) is 12.0 Å². The van der Waals surface area contributed by atoms with Gasteiger partial charge in [0.2, 0.25) is 0 Å². The molecule has 2 saturated heterocycles. The molecule has 0 saturated carbocycles. The molecule has 2 rings (SSSR count). The molecule has 0 aromatic carbocycles. The highest BCUT2D eigenvalue weighted by molar-refractivity contribution is 5.69. The van der Waals surface area contributed by atoms with E-state index < -0.39 is 5.97 Å². The van der Waals surface area contributed by atoms with Crippen LogP contribution in [0.4, 0.5) is 0 Å². The summed E-state index contributed by atoms with van der Waals surface area (Å²) >= 11 is 0. The highest BCUT2D eigenvalue weighted by Crippen LogP contribution is 2.32. The number of aliphatic carboxylic acids is 1. The summed E-state index contributed by atoms with van der Waals surface area (Å²) in [6.45, 7) is 4.94. The van der Waals surface area contributed by atoms with Gasteiger partial charge in [0.25, 0.3) is 0 Å². The van der Waals surface area contributed by atoms with E-state index in [1.807, 2.05) is 0 Å². The lowest BCUT2D eigenvalue weighted by Gasteiger charge is -2.50. The predicted octanol–water partition coefficient (Wildman–Crippen LogP) is 0.287. The van der Waals surface area contributed by atoms with Gasteiger partial charge in [0.1, 0.15) is 0 Å². The summed E-state index contributed by atoms with van der Waals surface area (Å²) in [4.78, 5) is 13.2. The van der Waals surface area contributed by atoms with Crippen LogP contribution in [-0.2, 0) is 4.79 Å². The van der Waals surface area contributed by atoms with Crippen LogP contribution < -0.4 is 5.32 Å². The summed E-state index contributed by atoms with van der Waals surface area (Å²) in [5.41, 5.74) is -0.0816. The maximum Gasteiger partial charge on any atom is 0.305 e. The molecule has 2 heterocycles. The second-order valence-corrected chi connectivity index (χ2v) is 4.58. The first-order valence-electron chi connectivity index (χ1n) is 5.33. The van der Waals surface area contributed by atoms with Gasteiger partial charge in [-0.05, 0) is 26.3 Å². The standard InChI is InChI=1S/C10H18N2O2/c1-8-3-2-4-12(8)10(5-9(13)14)6-11-7-10/h8,11H,2-7H2,1H3,(H,13,14). The zero-order valence-electron chi connectivity index (χ0n) is 8.62. The third-order valence-electron chi connectivity index (χ3n) is 3.55. The number of nitrogens with one attached hydrogen (secondary N) is 1. The first-order chi connectivity index (χ1) is 6.64. The summed E-state index contributed by atoms with van der Waals surface area (Å²) in [5.74, 6) is -0.675. The summed E-state index contributed by atoms with van der Waals surface area (Å²) in [5, 5.41) is 12.1. The Morgan fingerprint density at radius 2 is 2.36 bits per heavy atom. The second-order valence-electron chi connectivity index (χ2n) is 4.58. The van der Waals surface area contributed by atoms with Gasteiger partial charge in [-0.2, -0.15) is 0 Å². The maximum atomic E-state index is 10.8. The number of carboxylic acids is 1. The molecule has 2 N–H and O–H groups in total. The maximum absolute atomic E-state index is 10.8. The van der Waals surface area contributed by atoms with E-state index in [0.29, 0.717) is 6.04 Å². The van der Waals surface area contributed by atoms with Gasteiger partial charge in [-0.3, -0.25) is 9.69 Å². The van der Waals surface area contributed by atoms with Crippen LogP contribution >= 0.6 is 0 Å². The van der Waals surface area contributed by atoms with Crippen LogP contribution in [0, 0.1) is 0 Å². The van der Waals surface area contributed by atoms with Gasteiger partial charge in [0.15, 0.2) is 0 Å². The van der Waals surface area contributed by atoms with Gasteiger partial charge in [-0.25, -0.2) is 0 Å². The van der Waals surface area contributed by atoms with E-state index in [2.05, 4.69) is 17.1 Å². The summed E-state index contributed by atoms with van der Waals surface area (Å²) < 4.78 is 0. The monoisotopic (exact) mass is 198 g/mol. The Hall–Kier alpha value is -0.610. The number of rotatable bonds is 3. The van der Waals surface area contributed by atoms with Crippen LogP contribution in [0.5, 0.6) is 0 Å². The predicted molar refractivity (Wildman–Crippen MR) is 53.3 cm³/mol. The van der Waals surface area contributed by atoms with Crippen molar-refractivity contribution in [2.45, 2.75) is 37.8 Å². The molecule has 0 spiro atoms. The van der Waals surface area contributed by atoms with Gasteiger partial charge in [-0.1, -0.05) is 0 Å². The van der Waals surface area contributed by atoms with Gasteiger partial charge in [0, 0.05) is 19.1 Å². The molecule has 0 radical (unpaired) electrons. The quantitative estimate of drug-likeness (QED) is 0.684. The Bertz CT molecular complexity index is 238. The number of carbonyl (C=O) groups is 1. The fraction of sp³-hybridized carbons (Fsp3) is 0.900. The van der Waals surface area contributed by atoms with Gasteiger partial charge >= 0.3 is 5.97 Å². The Morgan fingerprint density at radius 1 is 1.64 bits per heavy atom. The molecule has 0 aromatic heterocycles. The SMILES string of the molecule is CC1CCCN1C1(CC(=O)O)CNC1. The third-order valence-corrected chi connectivity index (χ3v) is 3.55. The number of hydrogen-bond acceptors (Lipinski definition) is 3. The zero-order valence-corrected chi connectivity index (χ0v) is 8.62. The number of nitrogens with zero attached hydrogens (tertiary/aromatic N) is 1. The lowest BCUT2D eigenvalue weighted by molar-refractivity contribution is -0.142. The average molecular weight is 198 g/mol.